The van der Waals surface area contributed by atoms with Crippen molar-refractivity contribution in [3.63, 3.8) is 0 Å². The van der Waals surface area contributed by atoms with Crippen LogP contribution in [0.2, 0.25) is 5.02 Å². The number of benzene rings is 2. The predicted molar refractivity (Wildman–Crippen MR) is 80.8 cm³/mol. The Bertz CT molecular complexity index is 619. The van der Waals surface area contributed by atoms with Gasteiger partial charge in [0.15, 0.2) is 0 Å². The zero-order valence-electron chi connectivity index (χ0n) is 10.8. The van der Waals surface area contributed by atoms with E-state index in [1.54, 1.807) is 0 Å². The summed E-state index contributed by atoms with van der Waals surface area (Å²) in [6.45, 7) is 2.25. The van der Waals surface area contributed by atoms with E-state index in [4.69, 9.17) is 11.6 Å². The van der Waals surface area contributed by atoms with Gasteiger partial charge in [-0.05, 0) is 30.7 Å². The topological polar surface area (TPSA) is 12.0 Å². The first-order chi connectivity index (χ1) is 9.47. The van der Waals surface area contributed by atoms with Crippen molar-refractivity contribution in [1.82, 2.24) is 5.32 Å². The fraction of sp³-hybridized carbons (Fsp3) is 0.200. The Morgan fingerprint density at radius 3 is 2.60 bits per heavy atom. The van der Waals surface area contributed by atoms with Crippen LogP contribution in [0.5, 0.6) is 0 Å². The molecule has 0 heterocycles. The molecule has 0 radical (unpaired) electrons. The van der Waals surface area contributed by atoms with Gasteiger partial charge in [0, 0.05) is 33.7 Å². The molecule has 0 aromatic heterocycles. The second kappa shape index (κ2) is 6.66. The quantitative estimate of drug-likeness (QED) is 0.787. The third-order valence-electron chi connectivity index (χ3n) is 3.04. The van der Waals surface area contributed by atoms with E-state index >= 15 is 0 Å². The lowest BCUT2D eigenvalue weighted by Gasteiger charge is -2.16. The highest BCUT2D eigenvalue weighted by Crippen LogP contribution is 2.26. The Balaban J connectivity index is 2.06. The molecule has 1 atom stereocenters. The smallest absolute Gasteiger partial charge is 0.130 e. The second-order valence-electron chi connectivity index (χ2n) is 4.50. The van der Waals surface area contributed by atoms with Crippen LogP contribution in [0, 0.1) is 11.6 Å². The van der Waals surface area contributed by atoms with Crippen molar-refractivity contribution in [2.75, 3.05) is 0 Å². The van der Waals surface area contributed by atoms with Crippen LogP contribution in [0.3, 0.4) is 0 Å². The SMILES string of the molecule is CC(NCc1ccc(F)cc1F)c1ccc(Br)cc1Cl. The van der Waals surface area contributed by atoms with Crippen molar-refractivity contribution in [2.45, 2.75) is 19.5 Å². The summed E-state index contributed by atoms with van der Waals surface area (Å²) in [4.78, 5) is 0. The summed E-state index contributed by atoms with van der Waals surface area (Å²) in [6.07, 6.45) is 0. The van der Waals surface area contributed by atoms with Gasteiger partial charge in [0.2, 0.25) is 0 Å². The standard InChI is InChI=1S/C15H13BrClF2N/c1-9(13-5-3-11(16)6-14(13)17)20-8-10-2-4-12(18)7-15(10)19/h2-7,9,20H,8H2,1H3. The van der Waals surface area contributed by atoms with E-state index in [0.717, 1.165) is 16.1 Å². The zero-order valence-corrected chi connectivity index (χ0v) is 13.1. The molecular weight excluding hydrogens is 348 g/mol. The van der Waals surface area contributed by atoms with Crippen LogP contribution in [0.25, 0.3) is 0 Å². The molecule has 0 bridgehead atoms. The van der Waals surface area contributed by atoms with Gasteiger partial charge in [0.1, 0.15) is 11.6 Å². The minimum atomic E-state index is -0.574. The van der Waals surface area contributed by atoms with E-state index in [2.05, 4.69) is 21.2 Å². The first kappa shape index (κ1) is 15.4. The first-order valence-electron chi connectivity index (χ1n) is 6.09. The van der Waals surface area contributed by atoms with Gasteiger partial charge in [-0.15, -0.1) is 0 Å². The summed E-state index contributed by atoms with van der Waals surface area (Å²) < 4.78 is 27.2. The Hall–Kier alpha value is -0.970. The summed E-state index contributed by atoms with van der Waals surface area (Å²) in [5.74, 6) is -1.12. The Morgan fingerprint density at radius 1 is 1.20 bits per heavy atom. The summed E-state index contributed by atoms with van der Waals surface area (Å²) in [6, 6.07) is 9.15. The minimum Gasteiger partial charge on any atom is -0.306 e. The number of hydrogen-bond acceptors (Lipinski definition) is 1. The van der Waals surface area contributed by atoms with Crippen molar-refractivity contribution >= 4 is 27.5 Å². The third kappa shape index (κ3) is 3.78. The van der Waals surface area contributed by atoms with Crippen LogP contribution in [0.1, 0.15) is 24.1 Å². The van der Waals surface area contributed by atoms with E-state index in [0.29, 0.717) is 17.1 Å². The summed E-state index contributed by atoms with van der Waals surface area (Å²) in [5.41, 5.74) is 1.35. The van der Waals surface area contributed by atoms with Crippen LogP contribution in [0.4, 0.5) is 8.78 Å². The molecule has 0 saturated carbocycles. The number of hydrogen-bond donors (Lipinski definition) is 1. The van der Waals surface area contributed by atoms with Gasteiger partial charge in [-0.3, -0.25) is 0 Å². The van der Waals surface area contributed by atoms with Crippen LogP contribution < -0.4 is 5.32 Å². The minimum absolute atomic E-state index is 0.0416. The zero-order chi connectivity index (χ0) is 14.7. The molecule has 2 aromatic rings. The lowest BCUT2D eigenvalue weighted by Crippen LogP contribution is -2.19. The molecule has 1 nitrogen and oxygen atoms in total. The molecule has 0 amide bonds. The van der Waals surface area contributed by atoms with Crippen molar-refractivity contribution in [1.29, 1.82) is 0 Å². The second-order valence-corrected chi connectivity index (χ2v) is 5.83. The lowest BCUT2D eigenvalue weighted by atomic mass is 10.1. The van der Waals surface area contributed by atoms with Gasteiger partial charge in [0.25, 0.3) is 0 Å². The predicted octanol–water partition coefficient (Wildman–Crippen LogP) is 5.23. The van der Waals surface area contributed by atoms with Gasteiger partial charge in [-0.2, -0.15) is 0 Å². The maximum Gasteiger partial charge on any atom is 0.130 e. The molecule has 2 rings (SSSR count). The molecule has 0 fully saturated rings. The van der Waals surface area contributed by atoms with Crippen molar-refractivity contribution in [2.24, 2.45) is 0 Å². The molecule has 0 aliphatic rings. The Labute approximate surface area is 130 Å². The lowest BCUT2D eigenvalue weighted by molar-refractivity contribution is 0.533. The van der Waals surface area contributed by atoms with Crippen molar-refractivity contribution in [3.8, 4) is 0 Å². The van der Waals surface area contributed by atoms with E-state index in [1.165, 1.54) is 12.1 Å². The number of nitrogens with one attached hydrogen (secondary N) is 1. The van der Waals surface area contributed by atoms with E-state index in [1.807, 2.05) is 25.1 Å². The van der Waals surface area contributed by atoms with Gasteiger partial charge in [-0.25, -0.2) is 8.78 Å². The van der Waals surface area contributed by atoms with E-state index in [9.17, 15) is 8.78 Å². The molecule has 1 unspecified atom stereocenters. The molecular formula is C15H13BrClF2N. The molecule has 0 spiro atoms. The number of halogens is 4. The van der Waals surface area contributed by atoms with Crippen LogP contribution >= 0.6 is 27.5 Å². The fourth-order valence-corrected chi connectivity index (χ4v) is 2.73. The molecule has 0 aliphatic heterocycles. The fourth-order valence-electron chi connectivity index (χ4n) is 1.89. The average Bonchev–Trinajstić information content (AvgIpc) is 2.37. The molecule has 0 aliphatic carbocycles. The van der Waals surface area contributed by atoms with Crippen LogP contribution in [-0.4, -0.2) is 0 Å². The molecule has 20 heavy (non-hydrogen) atoms. The average molecular weight is 361 g/mol. The monoisotopic (exact) mass is 359 g/mol. The summed E-state index contributed by atoms with van der Waals surface area (Å²) in [5, 5.41) is 3.81. The summed E-state index contributed by atoms with van der Waals surface area (Å²) >= 11 is 9.51. The molecule has 106 valence electrons. The van der Waals surface area contributed by atoms with Crippen molar-refractivity contribution < 1.29 is 8.78 Å². The normalized spacial score (nSPS) is 12.4. The van der Waals surface area contributed by atoms with E-state index in [-0.39, 0.29) is 6.04 Å². The maximum atomic E-state index is 13.5. The van der Waals surface area contributed by atoms with Gasteiger partial charge in [0.05, 0.1) is 0 Å². The largest absolute Gasteiger partial charge is 0.306 e. The summed E-state index contributed by atoms with van der Waals surface area (Å²) in [7, 11) is 0. The molecule has 0 saturated heterocycles. The van der Waals surface area contributed by atoms with Gasteiger partial charge < -0.3 is 5.32 Å². The molecule has 5 heteroatoms. The highest BCUT2D eigenvalue weighted by molar-refractivity contribution is 9.10. The van der Waals surface area contributed by atoms with Crippen LogP contribution in [0.15, 0.2) is 40.9 Å². The Kier molecular flexibility index (Phi) is 5.13. The van der Waals surface area contributed by atoms with Gasteiger partial charge >= 0.3 is 0 Å². The highest BCUT2D eigenvalue weighted by atomic mass is 79.9. The Morgan fingerprint density at radius 2 is 1.95 bits per heavy atom. The van der Waals surface area contributed by atoms with Crippen LogP contribution in [-0.2, 0) is 6.54 Å². The van der Waals surface area contributed by atoms with E-state index < -0.39 is 11.6 Å². The maximum absolute atomic E-state index is 13.5. The molecule has 2 aromatic carbocycles. The first-order valence-corrected chi connectivity index (χ1v) is 7.26. The molecule has 1 N–H and O–H groups in total. The highest BCUT2D eigenvalue weighted by Gasteiger charge is 2.11. The third-order valence-corrected chi connectivity index (χ3v) is 3.86. The number of rotatable bonds is 4. The van der Waals surface area contributed by atoms with Crippen molar-refractivity contribution in [3.05, 3.63) is 68.7 Å². The van der Waals surface area contributed by atoms with Gasteiger partial charge in [-0.1, -0.05) is 39.7 Å².